The van der Waals surface area contributed by atoms with Gasteiger partial charge in [-0.2, -0.15) is 5.10 Å². The van der Waals surface area contributed by atoms with E-state index in [2.05, 4.69) is 10.5 Å². The van der Waals surface area contributed by atoms with Crippen LogP contribution in [0.2, 0.25) is 5.02 Å². The lowest BCUT2D eigenvalue weighted by atomic mass is 10.1. The fourth-order valence-electron chi connectivity index (χ4n) is 3.11. The first-order valence-electron chi connectivity index (χ1n) is 10.6. The number of rotatable bonds is 9. The van der Waals surface area contributed by atoms with Gasteiger partial charge in [0.2, 0.25) is 0 Å². The lowest BCUT2D eigenvalue weighted by Gasteiger charge is -2.12. The molecule has 3 rings (SSSR count). The second-order valence-electron chi connectivity index (χ2n) is 7.31. The van der Waals surface area contributed by atoms with Crippen LogP contribution >= 0.6 is 11.6 Å². The first-order chi connectivity index (χ1) is 16.4. The first kappa shape index (κ1) is 24.8. The van der Waals surface area contributed by atoms with Crippen molar-refractivity contribution in [1.82, 2.24) is 5.43 Å². The van der Waals surface area contributed by atoms with Crippen molar-refractivity contribution in [2.45, 2.75) is 20.8 Å². The Morgan fingerprint density at radius 1 is 0.971 bits per heavy atom. The predicted molar refractivity (Wildman–Crippen MR) is 131 cm³/mol. The van der Waals surface area contributed by atoms with Gasteiger partial charge in [-0.05, 0) is 67.8 Å². The summed E-state index contributed by atoms with van der Waals surface area (Å²) < 4.78 is 16.7. The molecule has 0 aliphatic rings. The van der Waals surface area contributed by atoms with E-state index < -0.39 is 11.9 Å². The maximum atomic E-state index is 12.5. The minimum absolute atomic E-state index is 0.163. The van der Waals surface area contributed by atoms with Gasteiger partial charge in [-0.1, -0.05) is 41.9 Å². The molecule has 0 radical (unpaired) electrons. The maximum Gasteiger partial charge on any atom is 0.345 e. The topological polar surface area (TPSA) is 86.2 Å². The molecule has 1 amide bonds. The van der Waals surface area contributed by atoms with Gasteiger partial charge in [-0.25, -0.2) is 10.2 Å². The number of para-hydroxylation sites is 1. The smallest absolute Gasteiger partial charge is 0.345 e. The van der Waals surface area contributed by atoms with Gasteiger partial charge in [0.15, 0.2) is 18.1 Å². The van der Waals surface area contributed by atoms with Crippen LogP contribution < -0.4 is 19.6 Å². The summed E-state index contributed by atoms with van der Waals surface area (Å²) in [5, 5.41) is 4.26. The van der Waals surface area contributed by atoms with Gasteiger partial charge in [0.25, 0.3) is 5.91 Å². The Balaban J connectivity index is 1.62. The van der Waals surface area contributed by atoms with E-state index in [0.29, 0.717) is 28.7 Å². The third-order valence-electron chi connectivity index (χ3n) is 4.72. The van der Waals surface area contributed by atoms with Crippen LogP contribution in [-0.4, -0.2) is 31.3 Å². The highest BCUT2D eigenvalue weighted by atomic mass is 35.5. The van der Waals surface area contributed by atoms with Crippen molar-refractivity contribution in [3.8, 4) is 17.2 Å². The van der Waals surface area contributed by atoms with Crippen molar-refractivity contribution >= 4 is 29.7 Å². The van der Waals surface area contributed by atoms with Crippen LogP contribution in [0.25, 0.3) is 0 Å². The van der Waals surface area contributed by atoms with E-state index in [-0.39, 0.29) is 17.9 Å². The number of benzene rings is 3. The highest BCUT2D eigenvalue weighted by Crippen LogP contribution is 2.29. The van der Waals surface area contributed by atoms with E-state index in [1.54, 1.807) is 42.5 Å². The lowest BCUT2D eigenvalue weighted by molar-refractivity contribution is -0.123. The second kappa shape index (κ2) is 11.9. The summed E-state index contributed by atoms with van der Waals surface area (Å²) in [6.45, 7) is 5.86. The molecule has 34 heavy (non-hydrogen) atoms. The number of hydrogen-bond acceptors (Lipinski definition) is 6. The Bertz CT molecular complexity index is 1190. The Labute approximate surface area is 203 Å². The van der Waals surface area contributed by atoms with Crippen molar-refractivity contribution in [2.24, 2.45) is 5.10 Å². The summed E-state index contributed by atoms with van der Waals surface area (Å²) in [6, 6.07) is 17.3. The van der Waals surface area contributed by atoms with Gasteiger partial charge in [0, 0.05) is 0 Å². The highest BCUT2D eigenvalue weighted by molar-refractivity contribution is 6.33. The van der Waals surface area contributed by atoms with Crippen LogP contribution in [0.1, 0.15) is 34.0 Å². The molecular formula is C26H25ClN2O5. The van der Waals surface area contributed by atoms with Crippen LogP contribution in [0.3, 0.4) is 0 Å². The normalized spacial score (nSPS) is 10.7. The van der Waals surface area contributed by atoms with Gasteiger partial charge in [-0.15, -0.1) is 0 Å². The van der Waals surface area contributed by atoms with Crippen molar-refractivity contribution in [3.05, 3.63) is 87.9 Å². The molecule has 176 valence electrons. The van der Waals surface area contributed by atoms with E-state index in [1.165, 1.54) is 6.21 Å². The van der Waals surface area contributed by atoms with E-state index in [4.69, 9.17) is 25.8 Å². The number of carbonyl (C=O) groups excluding carboxylic acids is 2. The quantitative estimate of drug-likeness (QED) is 0.199. The minimum atomic E-state index is -0.593. The molecule has 8 heteroatoms. The molecule has 0 unspecified atom stereocenters. The van der Waals surface area contributed by atoms with Crippen molar-refractivity contribution in [3.63, 3.8) is 0 Å². The third-order valence-corrected chi connectivity index (χ3v) is 5.05. The zero-order valence-corrected chi connectivity index (χ0v) is 19.9. The van der Waals surface area contributed by atoms with Gasteiger partial charge >= 0.3 is 5.97 Å². The number of nitrogens with zero attached hydrogens (tertiary/aromatic N) is 1. The number of halogens is 1. The van der Waals surface area contributed by atoms with Crippen LogP contribution in [-0.2, 0) is 4.79 Å². The maximum absolute atomic E-state index is 12.5. The fraction of sp³-hybridized carbons (Fsp3) is 0.192. The number of nitrogens with one attached hydrogen (secondary N) is 1. The minimum Gasteiger partial charge on any atom is -0.490 e. The molecule has 0 bridgehead atoms. The average Bonchev–Trinajstić information content (AvgIpc) is 2.81. The number of hydrazone groups is 1. The zero-order chi connectivity index (χ0) is 24.5. The molecule has 0 spiro atoms. The van der Waals surface area contributed by atoms with Gasteiger partial charge < -0.3 is 14.2 Å². The summed E-state index contributed by atoms with van der Waals surface area (Å²) >= 11 is 6.07. The van der Waals surface area contributed by atoms with E-state index in [9.17, 15) is 9.59 Å². The number of amides is 1. The third kappa shape index (κ3) is 6.59. The molecule has 0 aliphatic heterocycles. The second-order valence-corrected chi connectivity index (χ2v) is 7.72. The molecule has 7 nitrogen and oxygen atoms in total. The fourth-order valence-corrected chi connectivity index (χ4v) is 3.33. The van der Waals surface area contributed by atoms with E-state index in [1.807, 2.05) is 39.0 Å². The zero-order valence-electron chi connectivity index (χ0n) is 19.1. The van der Waals surface area contributed by atoms with Gasteiger partial charge in [0.1, 0.15) is 5.75 Å². The molecule has 3 aromatic rings. The molecule has 0 saturated carbocycles. The molecule has 0 saturated heterocycles. The standard InChI is InChI=1S/C26H25ClN2O5/c1-4-32-23-14-19(12-13-22(23)34-26(31)20-10-5-6-11-21(20)27)15-28-29-24(30)16-33-25-17(2)8-7-9-18(25)3/h5-15H,4,16H2,1-3H3,(H,29,30)/b28-15-. The Hall–Kier alpha value is -3.84. The van der Waals surface area contributed by atoms with Crippen molar-refractivity contribution in [1.29, 1.82) is 0 Å². The van der Waals surface area contributed by atoms with Crippen LogP contribution in [0.5, 0.6) is 17.2 Å². The molecular weight excluding hydrogens is 456 g/mol. The molecule has 0 atom stereocenters. The lowest BCUT2D eigenvalue weighted by Crippen LogP contribution is -2.25. The highest BCUT2D eigenvalue weighted by Gasteiger charge is 2.15. The summed E-state index contributed by atoms with van der Waals surface area (Å²) in [6.07, 6.45) is 1.46. The van der Waals surface area contributed by atoms with E-state index in [0.717, 1.165) is 11.1 Å². The molecule has 1 N–H and O–H groups in total. The molecule has 3 aromatic carbocycles. The summed E-state index contributed by atoms with van der Waals surface area (Å²) in [7, 11) is 0. The largest absolute Gasteiger partial charge is 0.490 e. The Morgan fingerprint density at radius 3 is 2.41 bits per heavy atom. The summed E-state index contributed by atoms with van der Waals surface area (Å²) in [4.78, 5) is 24.6. The van der Waals surface area contributed by atoms with Crippen LogP contribution in [0.15, 0.2) is 65.8 Å². The number of aryl methyl sites for hydroxylation is 2. The summed E-state index contributed by atoms with van der Waals surface area (Å²) in [5.74, 6) is 0.301. The van der Waals surface area contributed by atoms with Crippen LogP contribution in [0, 0.1) is 13.8 Å². The number of esters is 1. The van der Waals surface area contributed by atoms with Gasteiger partial charge in [-0.3, -0.25) is 4.79 Å². The number of hydrogen-bond donors (Lipinski definition) is 1. The molecule has 0 fully saturated rings. The summed E-state index contributed by atoms with van der Waals surface area (Å²) in [5.41, 5.74) is 5.23. The molecule has 0 aliphatic carbocycles. The monoisotopic (exact) mass is 480 g/mol. The number of carbonyl (C=O) groups is 2. The predicted octanol–water partition coefficient (Wildman–Crippen LogP) is 5.10. The Kier molecular flexibility index (Phi) is 8.65. The first-order valence-corrected chi connectivity index (χ1v) is 11.0. The van der Waals surface area contributed by atoms with Gasteiger partial charge in [0.05, 0.1) is 23.4 Å². The average molecular weight is 481 g/mol. The SMILES string of the molecule is CCOc1cc(/C=N\NC(=O)COc2c(C)cccc2C)ccc1OC(=O)c1ccccc1Cl. The molecule has 0 heterocycles. The molecule has 0 aromatic heterocycles. The van der Waals surface area contributed by atoms with Crippen LogP contribution in [0.4, 0.5) is 0 Å². The van der Waals surface area contributed by atoms with Crippen molar-refractivity contribution < 1.29 is 23.8 Å². The van der Waals surface area contributed by atoms with Crippen molar-refractivity contribution in [2.75, 3.05) is 13.2 Å². The number of ether oxygens (including phenoxy) is 3. The van der Waals surface area contributed by atoms with E-state index >= 15 is 0 Å². The Morgan fingerprint density at radius 2 is 1.71 bits per heavy atom.